The van der Waals surface area contributed by atoms with Crippen LogP contribution in [0.3, 0.4) is 0 Å². The molecule has 5 atom stereocenters. The van der Waals surface area contributed by atoms with E-state index in [9.17, 15) is 15.0 Å². The maximum atomic E-state index is 10.7. The molecule has 0 aromatic heterocycles. The molecule has 2 aliphatic rings. The summed E-state index contributed by atoms with van der Waals surface area (Å²) in [5, 5.41) is 29.9. The van der Waals surface area contributed by atoms with Crippen LogP contribution in [-0.2, 0) is 11.2 Å². The topological polar surface area (TPSA) is 77.8 Å². The van der Waals surface area contributed by atoms with E-state index in [2.05, 4.69) is 17.9 Å². The van der Waals surface area contributed by atoms with Gasteiger partial charge in [-0.3, -0.25) is 4.79 Å². The summed E-state index contributed by atoms with van der Waals surface area (Å²) in [5.41, 5.74) is 1.32. The number of aliphatic hydroxyl groups excluding tert-OH is 1. The molecule has 4 heteroatoms. The molecule has 2 fully saturated rings. The number of aliphatic hydroxyl groups is 2. The molecule has 3 N–H and O–H groups in total. The van der Waals surface area contributed by atoms with Crippen molar-refractivity contribution in [3.63, 3.8) is 0 Å². The maximum absolute atomic E-state index is 10.7. The number of hydrogen-bond acceptors (Lipinski definition) is 3. The smallest absolute Gasteiger partial charge is 0.303 e. The van der Waals surface area contributed by atoms with Crippen LogP contribution in [0.4, 0.5) is 0 Å². The summed E-state index contributed by atoms with van der Waals surface area (Å²) >= 11 is 0. The van der Waals surface area contributed by atoms with E-state index in [1.807, 2.05) is 30.3 Å². The zero-order valence-corrected chi connectivity index (χ0v) is 16.5. The predicted molar refractivity (Wildman–Crippen MR) is 108 cm³/mol. The standard InChI is InChI=1S/C24H30O4/c1-24(28,16-17-7-3-2-4-8-17)14-13-20-21-15-18(9-5-6-10-23(26)27)19(21)11-12-22(20)25/h2-4,7-9,19-22,25,28H,5-6,10-12,15-16H2,1H3,(H,26,27)/b18-9-/t19-,20?,21?,22-,24?/m1/s1. The molecule has 0 bridgehead atoms. The highest BCUT2D eigenvalue weighted by atomic mass is 16.4. The number of allylic oxidation sites excluding steroid dienone is 2. The number of carboxylic acid groups (broad SMARTS) is 1. The minimum Gasteiger partial charge on any atom is -0.481 e. The van der Waals surface area contributed by atoms with Crippen LogP contribution in [0.1, 0.15) is 51.0 Å². The second-order valence-corrected chi connectivity index (χ2v) is 8.42. The lowest BCUT2D eigenvalue weighted by molar-refractivity contribution is -0.137. The van der Waals surface area contributed by atoms with Crippen molar-refractivity contribution in [3.05, 3.63) is 47.5 Å². The van der Waals surface area contributed by atoms with Crippen molar-refractivity contribution in [2.24, 2.45) is 17.8 Å². The molecule has 1 aromatic carbocycles. The molecule has 28 heavy (non-hydrogen) atoms. The first kappa shape index (κ1) is 20.6. The fourth-order valence-corrected chi connectivity index (χ4v) is 4.53. The third-order valence-electron chi connectivity index (χ3n) is 6.01. The summed E-state index contributed by atoms with van der Waals surface area (Å²) in [5.74, 6) is 6.19. The predicted octanol–water partition coefficient (Wildman–Crippen LogP) is 3.57. The Morgan fingerprint density at radius 1 is 1.29 bits per heavy atom. The van der Waals surface area contributed by atoms with Gasteiger partial charge in [0.2, 0.25) is 0 Å². The number of rotatable bonds is 6. The summed E-state index contributed by atoms with van der Waals surface area (Å²) in [6.45, 7) is 1.73. The minimum absolute atomic E-state index is 0.0998. The van der Waals surface area contributed by atoms with Crippen LogP contribution in [0, 0.1) is 29.6 Å². The third kappa shape index (κ3) is 5.25. The Balaban J connectivity index is 1.61. The summed E-state index contributed by atoms with van der Waals surface area (Å²) in [4.78, 5) is 10.6. The molecule has 2 saturated carbocycles. The number of unbranched alkanes of at least 4 members (excludes halogenated alkanes) is 1. The Morgan fingerprint density at radius 3 is 2.75 bits per heavy atom. The number of aliphatic carboxylic acids is 1. The van der Waals surface area contributed by atoms with E-state index in [-0.39, 0.29) is 12.3 Å². The number of carbonyl (C=O) groups is 1. The van der Waals surface area contributed by atoms with Crippen LogP contribution in [0.2, 0.25) is 0 Å². The Bertz CT molecular complexity index is 769. The largest absolute Gasteiger partial charge is 0.481 e. The summed E-state index contributed by atoms with van der Waals surface area (Å²) in [7, 11) is 0. The molecule has 0 aliphatic heterocycles. The second-order valence-electron chi connectivity index (χ2n) is 8.42. The number of hydrogen-bond donors (Lipinski definition) is 3. The van der Waals surface area contributed by atoms with Gasteiger partial charge < -0.3 is 15.3 Å². The highest BCUT2D eigenvalue weighted by Gasteiger charge is 2.46. The maximum Gasteiger partial charge on any atom is 0.303 e. The van der Waals surface area contributed by atoms with E-state index in [1.165, 1.54) is 5.57 Å². The van der Waals surface area contributed by atoms with E-state index in [4.69, 9.17) is 5.11 Å². The molecule has 0 spiro atoms. The number of benzene rings is 1. The van der Waals surface area contributed by atoms with Crippen LogP contribution in [0.25, 0.3) is 0 Å². The van der Waals surface area contributed by atoms with Crippen LogP contribution in [0.5, 0.6) is 0 Å². The first-order chi connectivity index (χ1) is 13.4. The quantitative estimate of drug-likeness (QED) is 0.399. The fourth-order valence-electron chi connectivity index (χ4n) is 4.53. The van der Waals surface area contributed by atoms with E-state index >= 15 is 0 Å². The van der Waals surface area contributed by atoms with Gasteiger partial charge in [-0.25, -0.2) is 0 Å². The molecule has 3 unspecified atom stereocenters. The normalized spacial score (nSPS) is 29.8. The lowest BCUT2D eigenvalue weighted by atomic mass is 9.57. The van der Waals surface area contributed by atoms with Gasteiger partial charge in [0.25, 0.3) is 0 Å². The van der Waals surface area contributed by atoms with Gasteiger partial charge in [0.05, 0.1) is 12.0 Å². The van der Waals surface area contributed by atoms with Crippen LogP contribution < -0.4 is 0 Å². The van der Waals surface area contributed by atoms with Gasteiger partial charge in [-0.15, -0.1) is 0 Å². The Kier molecular flexibility index (Phi) is 6.59. The molecule has 3 rings (SSSR count). The average Bonchev–Trinajstić information content (AvgIpc) is 2.62. The van der Waals surface area contributed by atoms with E-state index in [0.29, 0.717) is 24.7 Å². The highest BCUT2D eigenvalue weighted by molar-refractivity contribution is 5.66. The molecule has 4 nitrogen and oxygen atoms in total. The van der Waals surface area contributed by atoms with E-state index < -0.39 is 17.7 Å². The first-order valence-corrected chi connectivity index (χ1v) is 10.2. The highest BCUT2D eigenvalue weighted by Crippen LogP contribution is 2.51. The van der Waals surface area contributed by atoms with Crippen molar-refractivity contribution in [3.8, 4) is 11.8 Å². The van der Waals surface area contributed by atoms with Crippen molar-refractivity contribution in [2.45, 2.75) is 63.6 Å². The first-order valence-electron chi connectivity index (χ1n) is 10.2. The lowest BCUT2D eigenvalue weighted by Crippen LogP contribution is -2.44. The lowest BCUT2D eigenvalue weighted by Gasteiger charge is -2.48. The van der Waals surface area contributed by atoms with Gasteiger partial charge in [-0.2, -0.15) is 0 Å². The van der Waals surface area contributed by atoms with Crippen molar-refractivity contribution in [2.75, 3.05) is 0 Å². The van der Waals surface area contributed by atoms with E-state index in [1.54, 1.807) is 6.92 Å². The number of carboxylic acids is 1. The Morgan fingerprint density at radius 2 is 2.04 bits per heavy atom. The van der Waals surface area contributed by atoms with Gasteiger partial charge in [0.15, 0.2) is 0 Å². The van der Waals surface area contributed by atoms with Gasteiger partial charge in [0, 0.05) is 12.8 Å². The van der Waals surface area contributed by atoms with Crippen molar-refractivity contribution in [1.29, 1.82) is 0 Å². The number of fused-ring (bicyclic) bond motifs is 1. The molecule has 150 valence electrons. The minimum atomic E-state index is -1.12. The Labute approximate surface area is 167 Å². The van der Waals surface area contributed by atoms with Crippen molar-refractivity contribution >= 4 is 5.97 Å². The Hall–Kier alpha value is -2.09. The van der Waals surface area contributed by atoms with Crippen LogP contribution >= 0.6 is 0 Å². The van der Waals surface area contributed by atoms with Crippen molar-refractivity contribution < 1.29 is 20.1 Å². The third-order valence-corrected chi connectivity index (χ3v) is 6.01. The summed E-state index contributed by atoms with van der Waals surface area (Å²) in [6.07, 6.45) is 6.53. The molecule has 0 saturated heterocycles. The van der Waals surface area contributed by atoms with Crippen LogP contribution in [-0.4, -0.2) is 33.0 Å². The zero-order chi connectivity index (χ0) is 20.1. The molecular formula is C24H30O4. The van der Waals surface area contributed by atoms with Gasteiger partial charge >= 0.3 is 5.97 Å². The zero-order valence-electron chi connectivity index (χ0n) is 16.5. The van der Waals surface area contributed by atoms with Gasteiger partial charge in [-0.05, 0) is 56.4 Å². The SMILES string of the molecule is CC(O)(C#CC1C2C/C(=C/CCCC(=O)O)[C@H]2CC[C@H]1O)Cc1ccccc1. The summed E-state index contributed by atoms with van der Waals surface area (Å²) in [6, 6.07) is 9.82. The molecule has 0 amide bonds. The van der Waals surface area contributed by atoms with Crippen molar-refractivity contribution in [1.82, 2.24) is 0 Å². The van der Waals surface area contributed by atoms with Gasteiger partial charge in [-0.1, -0.05) is 53.8 Å². The van der Waals surface area contributed by atoms with Crippen LogP contribution in [0.15, 0.2) is 42.0 Å². The molecule has 0 radical (unpaired) electrons. The molecule has 1 aromatic rings. The average molecular weight is 383 g/mol. The fraction of sp³-hybridized carbons (Fsp3) is 0.542. The van der Waals surface area contributed by atoms with Gasteiger partial charge in [0.1, 0.15) is 5.60 Å². The molecule has 2 aliphatic carbocycles. The second kappa shape index (κ2) is 8.94. The molecular weight excluding hydrogens is 352 g/mol. The monoisotopic (exact) mass is 382 g/mol. The summed E-state index contributed by atoms with van der Waals surface area (Å²) < 4.78 is 0. The molecule has 0 heterocycles. The van der Waals surface area contributed by atoms with E-state index in [0.717, 1.165) is 31.2 Å².